The van der Waals surface area contributed by atoms with Crippen molar-refractivity contribution in [3.05, 3.63) is 47.9 Å². The van der Waals surface area contributed by atoms with E-state index in [1.54, 1.807) is 0 Å². The van der Waals surface area contributed by atoms with E-state index in [0.29, 0.717) is 5.92 Å². The molecule has 2 aliphatic carbocycles. The minimum Gasteiger partial charge on any atom is -0.321 e. The molecule has 0 amide bonds. The molecule has 1 radical (unpaired) electrons. The van der Waals surface area contributed by atoms with Gasteiger partial charge in [0.25, 0.3) is 0 Å². The van der Waals surface area contributed by atoms with Crippen molar-refractivity contribution in [2.45, 2.75) is 18.8 Å². The zero-order valence-corrected chi connectivity index (χ0v) is 11.0. The first-order valence-electron chi connectivity index (χ1n) is 5.05. The summed E-state index contributed by atoms with van der Waals surface area (Å²) in [6.45, 7) is 0. The molecule has 1 heteroatoms. The largest absolute Gasteiger partial charge is 0.321 e. The molecule has 0 spiro atoms. The van der Waals surface area contributed by atoms with E-state index < -0.39 is 0 Å². The van der Waals surface area contributed by atoms with Crippen LogP contribution in [0.5, 0.6) is 0 Å². The number of rotatable bonds is 0. The Morgan fingerprint density at radius 3 is 3.00 bits per heavy atom. The molecule has 0 heterocycles. The van der Waals surface area contributed by atoms with Crippen LogP contribution in [0.4, 0.5) is 0 Å². The summed E-state index contributed by atoms with van der Waals surface area (Å²) in [4.78, 5) is 0. The first-order chi connectivity index (χ1) is 6.45. The first kappa shape index (κ1) is 10.6. The summed E-state index contributed by atoms with van der Waals surface area (Å²) in [6, 6.07) is 8.77. The minimum absolute atomic E-state index is 0. The van der Waals surface area contributed by atoms with Gasteiger partial charge in [0.2, 0.25) is 0 Å². The van der Waals surface area contributed by atoms with Crippen LogP contribution < -0.4 is 0 Å². The van der Waals surface area contributed by atoms with Crippen LogP contribution in [0, 0.1) is 12.3 Å². The quantitative estimate of drug-likeness (QED) is 0.625. The number of benzene rings is 1. The van der Waals surface area contributed by atoms with Gasteiger partial charge in [0.15, 0.2) is 0 Å². The molecular weight excluding hydrogens is 245 g/mol. The Morgan fingerprint density at radius 1 is 1.21 bits per heavy atom. The smallest absolute Gasteiger partial charge is 0 e. The van der Waals surface area contributed by atoms with Crippen LogP contribution in [-0.4, -0.2) is 0 Å². The van der Waals surface area contributed by atoms with Gasteiger partial charge < -0.3 is 6.42 Å². The predicted octanol–water partition coefficient (Wildman–Crippen LogP) is 3.41. The Hall–Kier alpha value is 0.0639. The van der Waals surface area contributed by atoms with Crippen molar-refractivity contribution in [2.75, 3.05) is 0 Å². The summed E-state index contributed by atoms with van der Waals surface area (Å²) < 4.78 is 0. The summed E-state index contributed by atoms with van der Waals surface area (Å²) in [6.07, 6.45) is 9.78. The van der Waals surface area contributed by atoms with Gasteiger partial charge in [0, 0.05) is 32.7 Å². The average molecular weight is 258 g/mol. The Bertz CT molecular complexity index is 354. The van der Waals surface area contributed by atoms with Crippen LogP contribution in [0.25, 0.3) is 6.08 Å². The molecule has 0 aliphatic heterocycles. The van der Waals surface area contributed by atoms with Gasteiger partial charge in [0.1, 0.15) is 0 Å². The number of hydrogen-bond acceptors (Lipinski definition) is 0. The Morgan fingerprint density at radius 2 is 2.07 bits per heavy atom. The number of fused-ring (bicyclic) bond motifs is 3. The topological polar surface area (TPSA) is 0 Å². The fourth-order valence-corrected chi connectivity index (χ4v) is 2.59. The van der Waals surface area contributed by atoms with E-state index in [2.05, 4.69) is 42.8 Å². The van der Waals surface area contributed by atoms with E-state index in [9.17, 15) is 0 Å². The zero-order chi connectivity index (χ0) is 8.67. The second-order valence-electron chi connectivity index (χ2n) is 3.99. The monoisotopic (exact) mass is 258 g/mol. The Balaban J connectivity index is 0.000000750. The van der Waals surface area contributed by atoms with E-state index in [1.807, 2.05) is 0 Å². The fraction of sp³-hybridized carbons (Fsp3) is 0.308. The molecular formula is C13H13Y-. The summed E-state index contributed by atoms with van der Waals surface area (Å²) >= 11 is 0. The van der Waals surface area contributed by atoms with E-state index in [-0.39, 0.29) is 32.7 Å². The summed E-state index contributed by atoms with van der Waals surface area (Å²) in [5.41, 5.74) is 2.95. The Labute approximate surface area is 111 Å². The second-order valence-corrected chi connectivity index (χ2v) is 3.99. The maximum absolute atomic E-state index is 2.48. The fourth-order valence-electron chi connectivity index (χ4n) is 2.59. The van der Waals surface area contributed by atoms with Crippen molar-refractivity contribution >= 4 is 6.08 Å². The SMILES string of the molecule is C1=CC2CC[CH-]C2c2ccccc21.[Y]. The average Bonchev–Trinajstić information content (AvgIpc) is 2.65. The third-order valence-electron chi connectivity index (χ3n) is 3.26. The van der Waals surface area contributed by atoms with E-state index >= 15 is 0 Å². The third-order valence-corrected chi connectivity index (χ3v) is 3.26. The van der Waals surface area contributed by atoms with E-state index in [1.165, 1.54) is 24.0 Å². The van der Waals surface area contributed by atoms with E-state index in [0.717, 1.165) is 5.92 Å². The van der Waals surface area contributed by atoms with Crippen LogP contribution in [0.15, 0.2) is 30.3 Å². The maximum atomic E-state index is 2.48. The van der Waals surface area contributed by atoms with Crippen LogP contribution in [0.1, 0.15) is 29.9 Å². The van der Waals surface area contributed by atoms with Gasteiger partial charge in [0.05, 0.1) is 0 Å². The molecule has 1 saturated carbocycles. The van der Waals surface area contributed by atoms with Crippen LogP contribution in [0.3, 0.4) is 0 Å². The Kier molecular flexibility index (Phi) is 3.24. The first-order valence-corrected chi connectivity index (χ1v) is 5.05. The van der Waals surface area contributed by atoms with Gasteiger partial charge >= 0.3 is 0 Å². The van der Waals surface area contributed by atoms with Gasteiger partial charge in [-0.2, -0.15) is 6.42 Å². The van der Waals surface area contributed by atoms with Crippen molar-refractivity contribution in [1.82, 2.24) is 0 Å². The molecule has 0 N–H and O–H groups in total. The van der Waals surface area contributed by atoms with Crippen LogP contribution in [0.2, 0.25) is 0 Å². The summed E-state index contributed by atoms with van der Waals surface area (Å²) in [7, 11) is 0. The molecule has 0 bridgehead atoms. The molecule has 1 aromatic carbocycles. The number of hydrogen-bond donors (Lipinski definition) is 0. The van der Waals surface area contributed by atoms with Gasteiger partial charge in [-0.05, 0) is 11.5 Å². The van der Waals surface area contributed by atoms with Crippen molar-refractivity contribution in [3.8, 4) is 0 Å². The molecule has 3 rings (SSSR count). The summed E-state index contributed by atoms with van der Waals surface area (Å²) in [5, 5.41) is 0. The van der Waals surface area contributed by atoms with Crippen molar-refractivity contribution in [3.63, 3.8) is 0 Å². The van der Waals surface area contributed by atoms with Gasteiger partial charge in [-0.15, -0.1) is 5.92 Å². The molecule has 0 nitrogen and oxygen atoms in total. The van der Waals surface area contributed by atoms with Gasteiger partial charge in [-0.25, -0.2) is 0 Å². The molecule has 0 saturated heterocycles. The normalized spacial score (nSPS) is 27.7. The molecule has 0 aromatic heterocycles. The molecule has 2 unspecified atom stereocenters. The van der Waals surface area contributed by atoms with Gasteiger partial charge in [-0.1, -0.05) is 48.4 Å². The molecule has 14 heavy (non-hydrogen) atoms. The van der Waals surface area contributed by atoms with Crippen LogP contribution >= 0.6 is 0 Å². The minimum atomic E-state index is 0. The van der Waals surface area contributed by atoms with Gasteiger partial charge in [-0.3, -0.25) is 0 Å². The molecule has 2 atom stereocenters. The van der Waals surface area contributed by atoms with E-state index in [4.69, 9.17) is 0 Å². The van der Waals surface area contributed by atoms with Crippen molar-refractivity contribution in [2.24, 2.45) is 5.92 Å². The standard InChI is InChI=1S/C13H13.Y/c1-2-6-12-10(4-1)8-9-11-5-3-7-13(11)12;/h1-2,4,6-9,11,13H,3,5H2;/q-1;. The molecule has 2 aliphatic rings. The number of allylic oxidation sites excluding steroid dienone is 1. The molecule has 1 aromatic rings. The second kappa shape index (κ2) is 4.29. The van der Waals surface area contributed by atoms with Crippen LogP contribution in [-0.2, 0) is 32.7 Å². The zero-order valence-electron chi connectivity index (χ0n) is 8.19. The molecule has 69 valence electrons. The molecule has 1 fully saturated rings. The van der Waals surface area contributed by atoms with Crippen molar-refractivity contribution in [1.29, 1.82) is 0 Å². The summed E-state index contributed by atoms with van der Waals surface area (Å²) in [5.74, 6) is 1.50. The van der Waals surface area contributed by atoms with Crippen molar-refractivity contribution < 1.29 is 32.7 Å². The third kappa shape index (κ3) is 1.63. The predicted molar refractivity (Wildman–Crippen MR) is 55.2 cm³/mol. The maximum Gasteiger partial charge on any atom is 0 e.